The summed E-state index contributed by atoms with van der Waals surface area (Å²) in [5.41, 5.74) is 2.90. The number of carbonyl (C=O) groups is 1. The monoisotopic (exact) mass is 327 g/mol. The van der Waals surface area contributed by atoms with E-state index in [0.29, 0.717) is 0 Å². The molecule has 1 aliphatic heterocycles. The van der Waals surface area contributed by atoms with Crippen molar-refractivity contribution in [3.8, 4) is 0 Å². The maximum atomic E-state index is 12.1. The predicted molar refractivity (Wildman–Crippen MR) is 90.6 cm³/mol. The van der Waals surface area contributed by atoms with E-state index in [1.54, 1.807) is 6.20 Å². The lowest BCUT2D eigenvalue weighted by atomic mass is 10.1. The highest BCUT2D eigenvalue weighted by Gasteiger charge is 2.22. The molecule has 1 fully saturated rings. The first-order valence-electron chi connectivity index (χ1n) is 6.64. The standard InChI is InChI=1S/C15H17N3O.2ClH/c1-10-6-7-12(11-4-2-9-17-14(10)11)18-15(19)13-5-3-8-16-13;;/h2,4,6-7,9,13,16H,3,5,8H2,1H3,(H,18,19);2*1H. The number of nitrogens with one attached hydrogen (secondary N) is 2. The van der Waals surface area contributed by atoms with E-state index >= 15 is 0 Å². The highest BCUT2D eigenvalue weighted by molar-refractivity contribution is 6.03. The van der Waals surface area contributed by atoms with Gasteiger partial charge in [-0.05, 0) is 50.1 Å². The number of halogens is 2. The van der Waals surface area contributed by atoms with Crippen molar-refractivity contribution in [1.82, 2.24) is 10.3 Å². The van der Waals surface area contributed by atoms with Crippen LogP contribution < -0.4 is 10.6 Å². The number of amides is 1. The van der Waals surface area contributed by atoms with Crippen molar-refractivity contribution >= 4 is 47.3 Å². The Balaban J connectivity index is 0.00000110. The Morgan fingerprint density at radius 1 is 1.33 bits per heavy atom. The first-order chi connectivity index (χ1) is 9.25. The fourth-order valence-electron chi connectivity index (χ4n) is 2.55. The van der Waals surface area contributed by atoms with Crippen LogP contribution in [0.2, 0.25) is 0 Å². The number of hydrogen-bond acceptors (Lipinski definition) is 3. The van der Waals surface area contributed by atoms with Gasteiger partial charge in [0.25, 0.3) is 0 Å². The van der Waals surface area contributed by atoms with Crippen molar-refractivity contribution in [1.29, 1.82) is 0 Å². The van der Waals surface area contributed by atoms with Gasteiger partial charge in [0.15, 0.2) is 0 Å². The van der Waals surface area contributed by atoms with E-state index in [2.05, 4.69) is 15.6 Å². The molecule has 0 radical (unpaired) electrons. The van der Waals surface area contributed by atoms with Crippen molar-refractivity contribution < 1.29 is 4.79 Å². The van der Waals surface area contributed by atoms with Crippen molar-refractivity contribution in [3.63, 3.8) is 0 Å². The summed E-state index contributed by atoms with van der Waals surface area (Å²) in [7, 11) is 0. The van der Waals surface area contributed by atoms with Crippen LogP contribution in [0.1, 0.15) is 18.4 Å². The number of aryl methyl sites for hydroxylation is 1. The Labute approximate surface area is 136 Å². The molecule has 1 atom stereocenters. The van der Waals surface area contributed by atoms with Crippen LogP contribution in [0.5, 0.6) is 0 Å². The first kappa shape index (κ1) is 17.7. The molecule has 0 saturated carbocycles. The molecule has 1 unspecified atom stereocenters. The van der Waals surface area contributed by atoms with Gasteiger partial charge in [-0.3, -0.25) is 9.78 Å². The third-order valence-electron chi connectivity index (χ3n) is 3.61. The number of rotatable bonds is 2. The van der Waals surface area contributed by atoms with Crippen LogP contribution in [0, 0.1) is 6.92 Å². The van der Waals surface area contributed by atoms with E-state index in [9.17, 15) is 4.79 Å². The third-order valence-corrected chi connectivity index (χ3v) is 3.61. The summed E-state index contributed by atoms with van der Waals surface area (Å²) >= 11 is 0. The molecule has 1 amide bonds. The molecular weight excluding hydrogens is 309 g/mol. The van der Waals surface area contributed by atoms with Gasteiger partial charge in [-0.1, -0.05) is 6.07 Å². The van der Waals surface area contributed by atoms with Crippen LogP contribution in [0.3, 0.4) is 0 Å². The third kappa shape index (κ3) is 3.64. The van der Waals surface area contributed by atoms with Crippen LogP contribution in [0.25, 0.3) is 10.9 Å². The van der Waals surface area contributed by atoms with Gasteiger partial charge >= 0.3 is 0 Å². The SMILES string of the molecule is Cc1ccc(NC(=O)C2CCCN2)c2cccnc12.Cl.Cl. The molecule has 0 aliphatic carbocycles. The second kappa shape index (κ2) is 7.59. The summed E-state index contributed by atoms with van der Waals surface area (Å²) in [6, 6.07) is 7.77. The van der Waals surface area contributed by atoms with Crippen LogP contribution in [-0.2, 0) is 4.79 Å². The highest BCUT2D eigenvalue weighted by atomic mass is 35.5. The van der Waals surface area contributed by atoms with E-state index in [-0.39, 0.29) is 36.8 Å². The number of carbonyl (C=O) groups excluding carboxylic acids is 1. The summed E-state index contributed by atoms with van der Waals surface area (Å²) < 4.78 is 0. The van der Waals surface area contributed by atoms with Gasteiger partial charge in [0.2, 0.25) is 5.91 Å². The average molecular weight is 328 g/mol. The molecule has 3 rings (SSSR count). The molecule has 21 heavy (non-hydrogen) atoms. The van der Waals surface area contributed by atoms with E-state index in [1.165, 1.54) is 0 Å². The number of anilines is 1. The quantitative estimate of drug-likeness (QED) is 0.891. The minimum atomic E-state index is -0.0620. The molecular formula is C15H19Cl2N3O. The topological polar surface area (TPSA) is 54.0 Å². The van der Waals surface area contributed by atoms with Gasteiger partial charge in [0.05, 0.1) is 17.2 Å². The minimum Gasteiger partial charge on any atom is -0.324 e. The van der Waals surface area contributed by atoms with Crippen LogP contribution in [0.4, 0.5) is 5.69 Å². The van der Waals surface area contributed by atoms with Gasteiger partial charge in [0.1, 0.15) is 0 Å². The number of hydrogen-bond donors (Lipinski definition) is 2. The molecule has 2 N–H and O–H groups in total. The normalized spacial score (nSPS) is 16.9. The Hall–Kier alpha value is -1.36. The zero-order chi connectivity index (χ0) is 13.2. The van der Waals surface area contributed by atoms with Gasteiger partial charge in [0, 0.05) is 11.6 Å². The maximum Gasteiger partial charge on any atom is 0.241 e. The molecule has 1 aliphatic rings. The van der Waals surface area contributed by atoms with Gasteiger partial charge in [-0.25, -0.2) is 0 Å². The molecule has 2 aromatic rings. The minimum absolute atomic E-state index is 0. The largest absolute Gasteiger partial charge is 0.324 e. The fraction of sp³-hybridized carbons (Fsp3) is 0.333. The van der Waals surface area contributed by atoms with Gasteiger partial charge in [-0.15, -0.1) is 24.8 Å². The average Bonchev–Trinajstić information content (AvgIpc) is 2.96. The molecule has 4 nitrogen and oxygen atoms in total. The summed E-state index contributed by atoms with van der Waals surface area (Å²) in [4.78, 5) is 16.5. The van der Waals surface area contributed by atoms with Crippen molar-refractivity contribution in [3.05, 3.63) is 36.0 Å². The van der Waals surface area contributed by atoms with Gasteiger partial charge < -0.3 is 10.6 Å². The van der Waals surface area contributed by atoms with Gasteiger partial charge in [-0.2, -0.15) is 0 Å². The molecule has 114 valence electrons. The highest BCUT2D eigenvalue weighted by Crippen LogP contribution is 2.25. The van der Waals surface area contributed by atoms with Crippen LogP contribution in [-0.4, -0.2) is 23.5 Å². The summed E-state index contributed by atoms with van der Waals surface area (Å²) in [6.07, 6.45) is 3.75. The molecule has 1 aromatic heterocycles. The lowest BCUT2D eigenvalue weighted by Crippen LogP contribution is -2.35. The van der Waals surface area contributed by atoms with Crippen molar-refractivity contribution in [2.45, 2.75) is 25.8 Å². The Kier molecular flexibility index (Phi) is 6.40. The number of pyridine rings is 1. The smallest absolute Gasteiger partial charge is 0.241 e. The summed E-state index contributed by atoms with van der Waals surface area (Å²) in [5, 5.41) is 7.22. The molecule has 1 aromatic carbocycles. The van der Waals surface area contributed by atoms with E-state index in [0.717, 1.165) is 41.5 Å². The van der Waals surface area contributed by atoms with Crippen LogP contribution >= 0.6 is 24.8 Å². The van der Waals surface area contributed by atoms with E-state index < -0.39 is 0 Å². The number of benzene rings is 1. The second-order valence-electron chi connectivity index (χ2n) is 4.97. The molecule has 0 spiro atoms. The summed E-state index contributed by atoms with van der Waals surface area (Å²) in [6.45, 7) is 2.95. The first-order valence-corrected chi connectivity index (χ1v) is 6.64. The molecule has 0 bridgehead atoms. The fourth-order valence-corrected chi connectivity index (χ4v) is 2.55. The van der Waals surface area contributed by atoms with E-state index in [4.69, 9.17) is 0 Å². The predicted octanol–water partition coefficient (Wildman–Crippen LogP) is 3.08. The molecule has 1 saturated heterocycles. The Bertz CT molecular complexity index is 627. The Morgan fingerprint density at radius 3 is 2.86 bits per heavy atom. The van der Waals surface area contributed by atoms with Crippen molar-refractivity contribution in [2.24, 2.45) is 0 Å². The van der Waals surface area contributed by atoms with Crippen LogP contribution in [0.15, 0.2) is 30.5 Å². The second-order valence-corrected chi connectivity index (χ2v) is 4.97. The number of aromatic nitrogens is 1. The zero-order valence-corrected chi connectivity index (χ0v) is 13.4. The van der Waals surface area contributed by atoms with E-state index in [1.807, 2.05) is 31.2 Å². The Morgan fingerprint density at radius 2 is 2.14 bits per heavy atom. The lowest BCUT2D eigenvalue weighted by molar-refractivity contribution is -0.117. The lowest BCUT2D eigenvalue weighted by Gasteiger charge is -2.13. The maximum absolute atomic E-state index is 12.1. The number of fused-ring (bicyclic) bond motifs is 1. The van der Waals surface area contributed by atoms with Crippen molar-refractivity contribution in [2.75, 3.05) is 11.9 Å². The molecule has 6 heteroatoms. The number of nitrogens with zero attached hydrogens (tertiary/aromatic N) is 1. The zero-order valence-electron chi connectivity index (χ0n) is 11.8. The summed E-state index contributed by atoms with van der Waals surface area (Å²) in [5.74, 6) is 0.0477. The molecule has 2 heterocycles.